The quantitative estimate of drug-likeness (QED) is 0.511. The Bertz CT molecular complexity index is 109. The molecular formula is C7H18O3SSi. The van der Waals surface area contributed by atoms with Crippen LogP contribution in [0.4, 0.5) is 0 Å². The monoisotopic (exact) mass is 210 g/mol. The van der Waals surface area contributed by atoms with Crippen LogP contribution >= 0.6 is 12.6 Å². The predicted octanol–water partition coefficient (Wildman–Crippen LogP) is 1.57. The Morgan fingerprint density at radius 2 is 1.83 bits per heavy atom. The van der Waals surface area contributed by atoms with Crippen molar-refractivity contribution in [1.82, 2.24) is 0 Å². The standard InChI is InChI=1S/C7H18O3SSi/c1-4-5-10-12(8-2,9-3)7-6-11/h11H,4-7H2,1-3H3. The zero-order chi connectivity index (χ0) is 9.45. The van der Waals surface area contributed by atoms with Crippen LogP contribution in [0.2, 0.25) is 6.04 Å². The zero-order valence-electron chi connectivity index (χ0n) is 8.00. The first-order valence-electron chi connectivity index (χ1n) is 4.09. The van der Waals surface area contributed by atoms with Crippen LogP contribution in [-0.4, -0.2) is 35.4 Å². The van der Waals surface area contributed by atoms with Gasteiger partial charge in [0.2, 0.25) is 0 Å². The lowest BCUT2D eigenvalue weighted by Gasteiger charge is -2.25. The summed E-state index contributed by atoms with van der Waals surface area (Å²) in [6.07, 6.45) is 0.980. The van der Waals surface area contributed by atoms with Crippen LogP contribution in [0.25, 0.3) is 0 Å². The molecule has 0 N–H and O–H groups in total. The van der Waals surface area contributed by atoms with Gasteiger partial charge in [-0.25, -0.2) is 0 Å². The van der Waals surface area contributed by atoms with Crippen molar-refractivity contribution >= 4 is 21.4 Å². The first-order chi connectivity index (χ1) is 5.74. The van der Waals surface area contributed by atoms with Gasteiger partial charge in [-0.1, -0.05) is 6.92 Å². The lowest BCUT2D eigenvalue weighted by molar-refractivity contribution is 0.100. The molecule has 3 nitrogen and oxygen atoms in total. The smallest absolute Gasteiger partial charge is 0.377 e. The molecule has 0 heterocycles. The van der Waals surface area contributed by atoms with Crippen molar-refractivity contribution in [2.24, 2.45) is 0 Å². The molecule has 0 saturated heterocycles. The Morgan fingerprint density at radius 3 is 2.17 bits per heavy atom. The predicted molar refractivity (Wildman–Crippen MR) is 54.7 cm³/mol. The Kier molecular flexibility index (Phi) is 7.17. The highest BCUT2D eigenvalue weighted by Crippen LogP contribution is 2.14. The van der Waals surface area contributed by atoms with Crippen molar-refractivity contribution < 1.29 is 13.3 Å². The summed E-state index contributed by atoms with van der Waals surface area (Å²) in [6, 6.07) is 0.767. The molecule has 0 spiro atoms. The van der Waals surface area contributed by atoms with Gasteiger partial charge in [0.1, 0.15) is 0 Å². The highest BCUT2D eigenvalue weighted by molar-refractivity contribution is 7.80. The van der Waals surface area contributed by atoms with E-state index >= 15 is 0 Å². The molecule has 0 aromatic carbocycles. The fourth-order valence-electron chi connectivity index (χ4n) is 0.872. The van der Waals surface area contributed by atoms with Crippen molar-refractivity contribution in [3.63, 3.8) is 0 Å². The van der Waals surface area contributed by atoms with Crippen LogP contribution < -0.4 is 0 Å². The normalized spacial score (nSPS) is 12.0. The number of hydrogen-bond donors (Lipinski definition) is 1. The molecule has 0 aliphatic heterocycles. The molecule has 0 unspecified atom stereocenters. The summed E-state index contributed by atoms with van der Waals surface area (Å²) in [5, 5.41) is 0. The molecule has 12 heavy (non-hydrogen) atoms. The highest BCUT2D eigenvalue weighted by Gasteiger charge is 2.37. The molecule has 74 valence electrons. The minimum Gasteiger partial charge on any atom is -0.377 e. The third kappa shape index (κ3) is 3.91. The van der Waals surface area contributed by atoms with Crippen molar-refractivity contribution in [3.8, 4) is 0 Å². The van der Waals surface area contributed by atoms with E-state index in [-0.39, 0.29) is 0 Å². The zero-order valence-corrected chi connectivity index (χ0v) is 9.89. The van der Waals surface area contributed by atoms with E-state index in [0.29, 0.717) is 6.61 Å². The Labute approximate surface area is 81.2 Å². The third-order valence-corrected chi connectivity index (χ3v) is 4.96. The van der Waals surface area contributed by atoms with Crippen LogP contribution in [0.5, 0.6) is 0 Å². The molecule has 0 aliphatic rings. The molecule has 0 saturated carbocycles. The summed E-state index contributed by atoms with van der Waals surface area (Å²) in [6.45, 7) is 2.76. The average molecular weight is 210 g/mol. The molecule has 0 aromatic heterocycles. The van der Waals surface area contributed by atoms with Gasteiger partial charge in [0.05, 0.1) is 0 Å². The maximum absolute atomic E-state index is 5.56. The van der Waals surface area contributed by atoms with E-state index in [4.69, 9.17) is 13.3 Å². The number of rotatable bonds is 7. The van der Waals surface area contributed by atoms with Gasteiger partial charge in [-0.05, 0) is 12.2 Å². The fourth-order valence-corrected chi connectivity index (χ4v) is 3.44. The summed E-state index contributed by atoms with van der Waals surface area (Å²) in [4.78, 5) is 0. The van der Waals surface area contributed by atoms with Gasteiger partial charge in [0, 0.05) is 26.9 Å². The molecule has 0 aromatic rings. The van der Waals surface area contributed by atoms with Gasteiger partial charge in [-0.15, -0.1) is 0 Å². The second-order valence-corrected chi connectivity index (χ2v) is 5.83. The van der Waals surface area contributed by atoms with Crippen molar-refractivity contribution in [3.05, 3.63) is 0 Å². The molecule has 0 rings (SSSR count). The maximum Gasteiger partial charge on any atom is 0.501 e. The first-order valence-corrected chi connectivity index (χ1v) is 6.66. The summed E-state index contributed by atoms with van der Waals surface area (Å²) in [7, 11) is 0.927. The van der Waals surface area contributed by atoms with Gasteiger partial charge in [-0.3, -0.25) is 0 Å². The van der Waals surface area contributed by atoms with Crippen molar-refractivity contribution in [1.29, 1.82) is 0 Å². The van der Waals surface area contributed by atoms with E-state index in [1.807, 2.05) is 0 Å². The van der Waals surface area contributed by atoms with E-state index in [1.165, 1.54) is 0 Å². The molecule has 0 fully saturated rings. The Morgan fingerprint density at radius 1 is 1.25 bits per heavy atom. The largest absolute Gasteiger partial charge is 0.501 e. The molecule has 0 aliphatic carbocycles. The average Bonchev–Trinajstić information content (AvgIpc) is 2.13. The van der Waals surface area contributed by atoms with Gasteiger partial charge >= 0.3 is 8.80 Å². The second kappa shape index (κ2) is 6.91. The maximum atomic E-state index is 5.56. The van der Waals surface area contributed by atoms with E-state index in [2.05, 4.69) is 19.6 Å². The Hall–Kier alpha value is 0.447. The van der Waals surface area contributed by atoms with Crippen LogP contribution in [0.3, 0.4) is 0 Å². The van der Waals surface area contributed by atoms with Crippen molar-refractivity contribution in [2.45, 2.75) is 19.4 Å². The van der Waals surface area contributed by atoms with E-state index in [0.717, 1.165) is 18.2 Å². The summed E-state index contributed by atoms with van der Waals surface area (Å²) in [5.74, 6) is 0.734. The van der Waals surface area contributed by atoms with E-state index in [1.54, 1.807) is 14.2 Å². The second-order valence-electron chi connectivity index (χ2n) is 2.41. The fraction of sp³-hybridized carbons (Fsp3) is 1.00. The lowest BCUT2D eigenvalue weighted by atomic mass is 10.5. The number of thiol groups is 1. The first kappa shape index (κ1) is 12.4. The van der Waals surface area contributed by atoms with Crippen LogP contribution in [0, 0.1) is 0 Å². The molecule has 0 radical (unpaired) electrons. The summed E-state index contributed by atoms with van der Waals surface area (Å²) < 4.78 is 16.1. The SMILES string of the molecule is CCCO[Si](CCS)(OC)OC. The molecule has 0 amide bonds. The van der Waals surface area contributed by atoms with Gasteiger partial charge < -0.3 is 13.3 Å². The Balaban J connectivity index is 3.95. The highest BCUT2D eigenvalue weighted by atomic mass is 32.1. The van der Waals surface area contributed by atoms with Gasteiger partial charge in [0.15, 0.2) is 0 Å². The minimum atomic E-state index is -2.34. The molecular weight excluding hydrogens is 192 g/mol. The van der Waals surface area contributed by atoms with E-state index in [9.17, 15) is 0 Å². The van der Waals surface area contributed by atoms with Crippen LogP contribution in [-0.2, 0) is 13.3 Å². The van der Waals surface area contributed by atoms with Gasteiger partial charge in [0.25, 0.3) is 0 Å². The summed E-state index contributed by atoms with van der Waals surface area (Å²) >= 11 is 4.14. The van der Waals surface area contributed by atoms with Crippen molar-refractivity contribution in [2.75, 3.05) is 26.6 Å². The molecule has 0 atom stereocenters. The van der Waals surface area contributed by atoms with Gasteiger partial charge in [-0.2, -0.15) is 12.6 Å². The van der Waals surface area contributed by atoms with Crippen LogP contribution in [0.1, 0.15) is 13.3 Å². The topological polar surface area (TPSA) is 27.7 Å². The third-order valence-electron chi connectivity index (χ3n) is 1.57. The van der Waals surface area contributed by atoms with Crippen LogP contribution in [0.15, 0.2) is 0 Å². The lowest BCUT2D eigenvalue weighted by Crippen LogP contribution is -2.44. The molecule has 0 bridgehead atoms. The number of hydrogen-bond acceptors (Lipinski definition) is 4. The molecule has 5 heteroatoms. The summed E-state index contributed by atoms with van der Waals surface area (Å²) in [5.41, 5.74) is 0. The van der Waals surface area contributed by atoms with E-state index < -0.39 is 8.80 Å². The minimum absolute atomic E-state index is 0.696.